The van der Waals surface area contributed by atoms with Crippen molar-refractivity contribution in [3.8, 4) is 0 Å². The molecule has 104 valence electrons. The molecular formula is C13H19N3O2S. The minimum Gasteiger partial charge on any atom is -0.266 e. The molecule has 5 rings (SSSR count). The average molecular weight is 281 g/mol. The molecule has 6 heteroatoms. The van der Waals surface area contributed by atoms with Crippen molar-refractivity contribution in [2.45, 2.75) is 43.2 Å². The molecule has 4 aliphatic rings. The van der Waals surface area contributed by atoms with Gasteiger partial charge in [0.15, 0.2) is 5.03 Å². The van der Waals surface area contributed by atoms with Crippen molar-refractivity contribution < 1.29 is 8.42 Å². The highest BCUT2D eigenvalue weighted by molar-refractivity contribution is 7.89. The topological polar surface area (TPSA) is 74.8 Å². The van der Waals surface area contributed by atoms with Crippen molar-refractivity contribution >= 4 is 10.0 Å². The molecule has 0 aliphatic heterocycles. The maximum absolute atomic E-state index is 12.3. The number of sulfonamides is 1. The van der Waals surface area contributed by atoms with E-state index in [4.69, 9.17) is 0 Å². The Morgan fingerprint density at radius 2 is 1.74 bits per heavy atom. The first kappa shape index (κ1) is 11.9. The average Bonchev–Trinajstić information content (AvgIpc) is 2.87. The molecule has 0 aromatic carbocycles. The molecule has 2 N–H and O–H groups in total. The van der Waals surface area contributed by atoms with Crippen molar-refractivity contribution in [3.05, 3.63) is 12.3 Å². The Bertz CT molecular complexity index is 539. The summed E-state index contributed by atoms with van der Waals surface area (Å²) in [5.41, 5.74) is 0. The summed E-state index contributed by atoms with van der Waals surface area (Å²) in [7, 11) is -3.43. The van der Waals surface area contributed by atoms with Crippen LogP contribution < -0.4 is 4.72 Å². The van der Waals surface area contributed by atoms with Crippen LogP contribution in [0.5, 0.6) is 0 Å². The van der Waals surface area contributed by atoms with Gasteiger partial charge in [-0.3, -0.25) is 5.10 Å². The van der Waals surface area contributed by atoms with Crippen LogP contribution in [0.15, 0.2) is 17.3 Å². The molecule has 4 aliphatic carbocycles. The first-order valence-corrected chi connectivity index (χ1v) is 8.62. The largest absolute Gasteiger partial charge is 0.266 e. The number of aromatic nitrogens is 2. The third-order valence-corrected chi connectivity index (χ3v) is 6.67. The van der Waals surface area contributed by atoms with Gasteiger partial charge < -0.3 is 0 Å². The highest BCUT2D eigenvalue weighted by atomic mass is 32.2. The normalized spacial score (nSPS) is 40.7. The van der Waals surface area contributed by atoms with Crippen LogP contribution in [0.3, 0.4) is 0 Å². The Labute approximate surface area is 113 Å². The number of aromatic amines is 1. The SMILES string of the molecule is O=S(=O)(NC1C2CC3CC(C2)CC1C3)c1ccn[nH]1. The predicted molar refractivity (Wildman–Crippen MR) is 69.7 cm³/mol. The number of hydrogen-bond acceptors (Lipinski definition) is 3. The van der Waals surface area contributed by atoms with Crippen molar-refractivity contribution in [2.75, 3.05) is 0 Å². The first-order chi connectivity index (χ1) is 9.12. The van der Waals surface area contributed by atoms with Gasteiger partial charge >= 0.3 is 0 Å². The van der Waals surface area contributed by atoms with Crippen LogP contribution in [0, 0.1) is 23.7 Å². The molecule has 0 atom stereocenters. The summed E-state index contributed by atoms with van der Waals surface area (Å²) in [6, 6.07) is 1.65. The third kappa shape index (κ3) is 1.92. The fraction of sp³-hybridized carbons (Fsp3) is 0.769. The van der Waals surface area contributed by atoms with Crippen LogP contribution in [-0.2, 0) is 10.0 Å². The standard InChI is InChI=1S/C13H19N3O2S/c17-19(18,12-1-2-14-15-12)16-13-10-4-8-3-9(6-10)7-11(13)5-8/h1-2,8-11,13,16H,3-7H2,(H,14,15). The Hall–Kier alpha value is -0.880. The molecular weight excluding hydrogens is 262 g/mol. The molecule has 0 radical (unpaired) electrons. The summed E-state index contributed by atoms with van der Waals surface area (Å²) in [6.45, 7) is 0. The summed E-state index contributed by atoms with van der Waals surface area (Å²) >= 11 is 0. The molecule has 4 fully saturated rings. The number of rotatable bonds is 3. The van der Waals surface area contributed by atoms with Crippen LogP contribution >= 0.6 is 0 Å². The van der Waals surface area contributed by atoms with E-state index in [1.165, 1.54) is 44.4 Å². The minimum absolute atomic E-state index is 0.140. The number of hydrogen-bond donors (Lipinski definition) is 2. The zero-order chi connectivity index (χ0) is 13.0. The lowest BCUT2D eigenvalue weighted by molar-refractivity contribution is -0.00559. The van der Waals surface area contributed by atoms with Gasteiger partial charge in [-0.05, 0) is 61.8 Å². The number of H-pyrrole nitrogens is 1. The molecule has 1 aromatic heterocycles. The highest BCUT2D eigenvalue weighted by Gasteiger charge is 2.49. The lowest BCUT2D eigenvalue weighted by Crippen LogP contribution is -2.55. The van der Waals surface area contributed by atoms with Gasteiger partial charge in [0.1, 0.15) is 0 Å². The lowest BCUT2D eigenvalue weighted by Gasteiger charge is -2.54. The lowest BCUT2D eigenvalue weighted by atomic mass is 9.54. The number of nitrogens with zero attached hydrogens (tertiary/aromatic N) is 1. The molecule has 0 unspecified atom stereocenters. The van der Waals surface area contributed by atoms with Crippen molar-refractivity contribution in [2.24, 2.45) is 23.7 Å². The highest BCUT2D eigenvalue weighted by Crippen LogP contribution is 2.53. The van der Waals surface area contributed by atoms with Crippen molar-refractivity contribution in [1.29, 1.82) is 0 Å². The Morgan fingerprint density at radius 3 is 2.26 bits per heavy atom. The molecule has 1 aromatic rings. The second-order valence-electron chi connectivity index (χ2n) is 6.50. The maximum Gasteiger partial charge on any atom is 0.257 e. The molecule has 0 amide bonds. The molecule has 0 saturated heterocycles. The Balaban J connectivity index is 1.58. The molecule has 1 heterocycles. The van der Waals surface area contributed by atoms with Gasteiger partial charge in [0.05, 0.1) is 6.20 Å². The Morgan fingerprint density at radius 1 is 1.11 bits per heavy atom. The summed E-state index contributed by atoms with van der Waals surface area (Å²) in [5, 5.41) is 6.46. The van der Waals surface area contributed by atoms with Gasteiger partial charge in [0.25, 0.3) is 10.0 Å². The summed E-state index contributed by atoms with van der Waals surface area (Å²) in [5.74, 6) is 2.81. The zero-order valence-corrected chi connectivity index (χ0v) is 11.6. The summed E-state index contributed by atoms with van der Waals surface area (Å²) in [4.78, 5) is 0. The smallest absolute Gasteiger partial charge is 0.257 e. The van der Waals surface area contributed by atoms with E-state index in [2.05, 4.69) is 14.9 Å². The summed E-state index contributed by atoms with van der Waals surface area (Å²) < 4.78 is 27.5. The molecule has 19 heavy (non-hydrogen) atoms. The van der Waals surface area contributed by atoms with E-state index in [9.17, 15) is 8.42 Å². The van der Waals surface area contributed by atoms with Gasteiger partial charge in [0.2, 0.25) is 0 Å². The van der Waals surface area contributed by atoms with Gasteiger partial charge in [0, 0.05) is 6.04 Å². The van der Waals surface area contributed by atoms with Crippen LogP contribution in [0.4, 0.5) is 0 Å². The molecule has 0 spiro atoms. The fourth-order valence-corrected chi connectivity index (χ4v) is 6.04. The van der Waals surface area contributed by atoms with Crippen LogP contribution in [0.25, 0.3) is 0 Å². The van der Waals surface area contributed by atoms with Gasteiger partial charge in [-0.25, -0.2) is 13.1 Å². The molecule has 4 bridgehead atoms. The van der Waals surface area contributed by atoms with Gasteiger partial charge in [-0.15, -0.1) is 0 Å². The second-order valence-corrected chi connectivity index (χ2v) is 8.18. The van der Waals surface area contributed by atoms with E-state index in [0.29, 0.717) is 11.8 Å². The van der Waals surface area contributed by atoms with E-state index in [1.54, 1.807) is 0 Å². The second kappa shape index (κ2) is 4.06. The molecule has 5 nitrogen and oxygen atoms in total. The minimum atomic E-state index is -3.43. The van der Waals surface area contributed by atoms with Crippen molar-refractivity contribution in [1.82, 2.24) is 14.9 Å². The first-order valence-electron chi connectivity index (χ1n) is 7.13. The van der Waals surface area contributed by atoms with E-state index in [-0.39, 0.29) is 11.1 Å². The van der Waals surface area contributed by atoms with Crippen LogP contribution in [-0.4, -0.2) is 24.7 Å². The van der Waals surface area contributed by atoms with Crippen LogP contribution in [0.2, 0.25) is 0 Å². The Kier molecular flexibility index (Phi) is 2.54. The third-order valence-electron chi connectivity index (χ3n) is 5.28. The zero-order valence-electron chi connectivity index (χ0n) is 10.7. The van der Waals surface area contributed by atoms with E-state index < -0.39 is 10.0 Å². The van der Waals surface area contributed by atoms with E-state index >= 15 is 0 Å². The monoisotopic (exact) mass is 281 g/mol. The van der Waals surface area contributed by atoms with Crippen LogP contribution in [0.1, 0.15) is 32.1 Å². The fourth-order valence-electron chi connectivity index (χ4n) is 4.75. The summed E-state index contributed by atoms with van der Waals surface area (Å²) in [6.07, 6.45) is 7.71. The quantitative estimate of drug-likeness (QED) is 0.882. The van der Waals surface area contributed by atoms with Gasteiger partial charge in [-0.1, -0.05) is 0 Å². The predicted octanol–water partition coefficient (Wildman–Crippen LogP) is 1.51. The van der Waals surface area contributed by atoms with Gasteiger partial charge in [-0.2, -0.15) is 5.10 Å². The maximum atomic E-state index is 12.3. The number of nitrogens with one attached hydrogen (secondary N) is 2. The molecule has 4 saturated carbocycles. The van der Waals surface area contributed by atoms with Crippen molar-refractivity contribution in [3.63, 3.8) is 0 Å². The van der Waals surface area contributed by atoms with E-state index in [1.807, 2.05) is 0 Å². The van der Waals surface area contributed by atoms with E-state index in [0.717, 1.165) is 11.8 Å².